The maximum atomic E-state index is 13.8. The van der Waals surface area contributed by atoms with Gasteiger partial charge in [-0.15, -0.1) is 0 Å². The van der Waals surface area contributed by atoms with Crippen molar-refractivity contribution in [1.29, 1.82) is 0 Å². The van der Waals surface area contributed by atoms with E-state index in [9.17, 15) is 14.4 Å². The molecule has 7 rings (SSSR count). The highest BCUT2D eigenvalue weighted by Crippen LogP contribution is 2.42. The number of piperidine rings is 2. The lowest BCUT2D eigenvalue weighted by atomic mass is 9.85. The molecule has 4 aliphatic heterocycles. The molecule has 4 aliphatic rings. The predicted molar refractivity (Wildman–Crippen MR) is 169 cm³/mol. The number of ether oxygens (including phenoxy) is 3. The third kappa shape index (κ3) is 4.93. The quantitative estimate of drug-likeness (QED) is 0.275. The number of hydrogen-bond acceptors (Lipinski definition) is 8. The Morgan fingerprint density at radius 1 is 1.02 bits per heavy atom. The number of aryl methyl sites for hydroxylation is 1. The van der Waals surface area contributed by atoms with Crippen molar-refractivity contribution in [3.63, 3.8) is 0 Å². The molecular weight excluding hydrogens is 572 g/mol. The molecule has 1 atom stereocenters. The summed E-state index contributed by atoms with van der Waals surface area (Å²) in [5.74, 6) is 0.0291. The highest BCUT2D eigenvalue weighted by atomic mass is 16.6. The molecule has 2 aromatic heterocycles. The Balaban J connectivity index is 1.17. The van der Waals surface area contributed by atoms with Crippen LogP contribution in [-0.2, 0) is 39.4 Å². The molecule has 2 fully saturated rings. The van der Waals surface area contributed by atoms with Gasteiger partial charge in [-0.25, -0.2) is 14.6 Å². The lowest BCUT2D eigenvalue weighted by molar-refractivity contribution is -0.180. The lowest BCUT2D eigenvalue weighted by Crippen LogP contribution is -2.48. The van der Waals surface area contributed by atoms with Crippen molar-refractivity contribution in [2.75, 3.05) is 32.8 Å². The fourth-order valence-corrected chi connectivity index (χ4v) is 7.94. The zero-order valence-electron chi connectivity index (χ0n) is 26.5. The third-order valence-electron chi connectivity index (χ3n) is 10.3. The Bertz CT molecular complexity index is 1720. The van der Waals surface area contributed by atoms with Gasteiger partial charge < -0.3 is 28.6 Å². The lowest BCUT2D eigenvalue weighted by Gasteiger charge is -2.39. The van der Waals surface area contributed by atoms with E-state index in [2.05, 4.69) is 11.8 Å². The second-order valence-corrected chi connectivity index (χ2v) is 12.6. The largest absolute Gasteiger partial charge is 0.458 e. The number of hydrogen-bond donors (Lipinski definition) is 0. The topological polar surface area (TPSA) is 103 Å². The number of benzene rings is 1. The van der Waals surface area contributed by atoms with Crippen LogP contribution in [0.5, 0.6) is 5.75 Å². The van der Waals surface area contributed by atoms with Crippen molar-refractivity contribution >= 4 is 23.0 Å². The molecule has 6 heterocycles. The van der Waals surface area contributed by atoms with Crippen molar-refractivity contribution in [2.24, 2.45) is 0 Å². The molecular formula is C35H42N4O6. The molecule has 10 nitrogen and oxygen atoms in total. The Kier molecular flexibility index (Phi) is 7.90. The Hall–Kier alpha value is -3.76. The summed E-state index contributed by atoms with van der Waals surface area (Å²) in [4.78, 5) is 49.5. The first-order valence-electron chi connectivity index (χ1n) is 16.6. The standard InChI is InChI=1S/C35H42N4O6/c1-4-24-25-18-23(45-34(42)38-16-12-22(13-17-38)37-14-8-7-9-15-37)10-11-29(25)36-31-26(24)20-39-30(31)19-28-27(32(39)40)21-43-33(41)35(28,5-2)44-6-3/h10-11,18-19,22H,4-9,12-17,20-21H2,1-3H3/t35-/m0/s1. The maximum Gasteiger partial charge on any atom is 0.415 e. The molecule has 10 heteroatoms. The normalized spacial score (nSPS) is 21.8. The van der Waals surface area contributed by atoms with Crippen molar-refractivity contribution < 1.29 is 23.8 Å². The molecule has 0 radical (unpaired) electrons. The first-order chi connectivity index (χ1) is 21.9. The van der Waals surface area contributed by atoms with Gasteiger partial charge in [-0.2, -0.15) is 0 Å². The van der Waals surface area contributed by atoms with Crippen LogP contribution in [0.4, 0.5) is 4.79 Å². The zero-order valence-corrected chi connectivity index (χ0v) is 26.5. The smallest absolute Gasteiger partial charge is 0.415 e. The predicted octanol–water partition coefficient (Wildman–Crippen LogP) is 5.14. The molecule has 1 amide bonds. The number of carbonyl (C=O) groups excluding carboxylic acids is 2. The molecule has 3 aromatic rings. The van der Waals surface area contributed by atoms with Gasteiger partial charge >= 0.3 is 12.1 Å². The molecule has 0 unspecified atom stereocenters. The van der Waals surface area contributed by atoms with E-state index in [0.717, 1.165) is 40.6 Å². The van der Waals surface area contributed by atoms with Gasteiger partial charge in [0.2, 0.25) is 0 Å². The zero-order chi connectivity index (χ0) is 31.3. The van der Waals surface area contributed by atoms with Crippen LogP contribution in [0.1, 0.15) is 81.5 Å². The molecule has 0 N–H and O–H groups in total. The van der Waals surface area contributed by atoms with Crippen LogP contribution in [0, 0.1) is 0 Å². The summed E-state index contributed by atoms with van der Waals surface area (Å²) in [6.07, 6.45) is 6.59. The maximum absolute atomic E-state index is 13.8. The summed E-state index contributed by atoms with van der Waals surface area (Å²) in [6, 6.07) is 8.04. The van der Waals surface area contributed by atoms with Crippen molar-refractivity contribution in [1.82, 2.24) is 19.4 Å². The second kappa shape index (κ2) is 11.9. The SMILES string of the molecule is CCO[C@]1(CC)C(=O)OCc2c1cc1n(c2=O)Cc2c-1nc1ccc(OC(=O)N3CCC(N4CCCCC4)CC3)cc1c2CC. The van der Waals surface area contributed by atoms with E-state index in [4.69, 9.17) is 19.2 Å². The van der Waals surface area contributed by atoms with Crippen LogP contribution in [0.2, 0.25) is 0 Å². The summed E-state index contributed by atoms with van der Waals surface area (Å²) < 4.78 is 19.1. The van der Waals surface area contributed by atoms with E-state index in [1.807, 2.05) is 36.9 Å². The van der Waals surface area contributed by atoms with Crippen molar-refractivity contribution in [3.8, 4) is 17.1 Å². The highest BCUT2D eigenvalue weighted by Gasteiger charge is 2.48. The number of cyclic esters (lactones) is 1. The molecule has 238 valence electrons. The van der Waals surface area contributed by atoms with E-state index in [0.29, 0.717) is 67.7 Å². The average molecular weight is 615 g/mol. The van der Waals surface area contributed by atoms with Gasteiger partial charge in [0.25, 0.3) is 5.56 Å². The molecule has 0 saturated carbocycles. The summed E-state index contributed by atoms with van der Waals surface area (Å²) in [7, 11) is 0. The second-order valence-electron chi connectivity index (χ2n) is 12.6. The Morgan fingerprint density at radius 2 is 1.80 bits per heavy atom. The highest BCUT2D eigenvalue weighted by molar-refractivity contribution is 5.90. The van der Waals surface area contributed by atoms with Crippen LogP contribution < -0.4 is 10.3 Å². The number of likely N-dealkylation sites (tertiary alicyclic amines) is 2. The Labute approximate surface area is 263 Å². The van der Waals surface area contributed by atoms with E-state index in [-0.39, 0.29) is 18.3 Å². The molecule has 2 saturated heterocycles. The number of esters is 1. The van der Waals surface area contributed by atoms with E-state index >= 15 is 0 Å². The first kappa shape index (κ1) is 29.9. The minimum absolute atomic E-state index is 0.0703. The van der Waals surface area contributed by atoms with Crippen LogP contribution in [0.15, 0.2) is 29.1 Å². The van der Waals surface area contributed by atoms with E-state index in [1.165, 1.54) is 32.4 Å². The van der Waals surface area contributed by atoms with Crippen molar-refractivity contribution in [2.45, 2.75) is 90.5 Å². The minimum Gasteiger partial charge on any atom is -0.458 e. The van der Waals surface area contributed by atoms with Crippen LogP contribution in [-0.4, -0.2) is 70.2 Å². The van der Waals surface area contributed by atoms with Gasteiger partial charge in [-0.3, -0.25) is 4.79 Å². The van der Waals surface area contributed by atoms with E-state index < -0.39 is 11.6 Å². The van der Waals surface area contributed by atoms with Gasteiger partial charge in [0.05, 0.1) is 29.0 Å². The van der Waals surface area contributed by atoms with Gasteiger partial charge in [0.15, 0.2) is 5.60 Å². The minimum atomic E-state index is -1.31. The molecule has 0 bridgehead atoms. The van der Waals surface area contributed by atoms with Gasteiger partial charge in [-0.1, -0.05) is 20.3 Å². The average Bonchev–Trinajstić information content (AvgIpc) is 3.44. The number of carbonyl (C=O) groups is 2. The fourth-order valence-electron chi connectivity index (χ4n) is 7.94. The van der Waals surface area contributed by atoms with Crippen LogP contribution in [0.3, 0.4) is 0 Å². The summed E-state index contributed by atoms with van der Waals surface area (Å²) in [5, 5.41) is 0.909. The number of pyridine rings is 2. The third-order valence-corrected chi connectivity index (χ3v) is 10.3. The number of nitrogens with zero attached hydrogens (tertiary/aromatic N) is 4. The Morgan fingerprint density at radius 3 is 2.51 bits per heavy atom. The number of amides is 1. The number of rotatable bonds is 6. The molecule has 1 aromatic carbocycles. The summed E-state index contributed by atoms with van der Waals surface area (Å²) in [5.41, 5.74) is 3.75. The number of fused-ring (bicyclic) bond motifs is 5. The van der Waals surface area contributed by atoms with Crippen LogP contribution >= 0.6 is 0 Å². The monoisotopic (exact) mass is 614 g/mol. The number of aromatic nitrogens is 2. The van der Waals surface area contributed by atoms with Gasteiger partial charge in [0, 0.05) is 42.3 Å². The molecule has 45 heavy (non-hydrogen) atoms. The summed E-state index contributed by atoms with van der Waals surface area (Å²) >= 11 is 0. The fraction of sp³-hybridized carbons (Fsp3) is 0.543. The van der Waals surface area contributed by atoms with Gasteiger partial charge in [0.1, 0.15) is 12.4 Å². The summed E-state index contributed by atoms with van der Waals surface area (Å²) in [6.45, 7) is 10.2. The van der Waals surface area contributed by atoms with Crippen LogP contribution in [0.25, 0.3) is 22.3 Å². The van der Waals surface area contributed by atoms with Crippen molar-refractivity contribution in [3.05, 3.63) is 56.9 Å². The molecule has 0 aliphatic carbocycles. The van der Waals surface area contributed by atoms with Gasteiger partial charge in [-0.05, 0) is 88.4 Å². The first-order valence-corrected chi connectivity index (χ1v) is 16.6. The molecule has 0 spiro atoms. The van der Waals surface area contributed by atoms with E-state index in [1.54, 1.807) is 10.6 Å².